The Balaban J connectivity index is 2.00. The lowest BCUT2D eigenvalue weighted by molar-refractivity contribution is -0.144. The van der Waals surface area contributed by atoms with Gasteiger partial charge < -0.3 is 25.4 Å². The van der Waals surface area contributed by atoms with Crippen LogP contribution in [0.1, 0.15) is 97.2 Å². The van der Waals surface area contributed by atoms with Gasteiger partial charge in [0.2, 0.25) is 11.8 Å². The van der Waals surface area contributed by atoms with E-state index in [0.29, 0.717) is 11.1 Å². The number of phenolic OH excluding ortho intramolecular Hbond substituents is 1. The van der Waals surface area contributed by atoms with Gasteiger partial charge in [-0.3, -0.25) is 9.59 Å². The van der Waals surface area contributed by atoms with E-state index in [2.05, 4.69) is 10.6 Å². The van der Waals surface area contributed by atoms with Gasteiger partial charge in [0.05, 0.1) is 0 Å². The summed E-state index contributed by atoms with van der Waals surface area (Å²) in [6, 6.07) is 3.27. The SMILES string of the molecule is Cc1cccc(C(C(=O)NC2CCCCC2)N(C(=O)C(NC(=O)OC(C)(C)C)C(C)C)C2CC2C)c1O. The van der Waals surface area contributed by atoms with Crippen molar-refractivity contribution in [1.82, 2.24) is 15.5 Å². The number of carbonyl (C=O) groups is 3. The average Bonchev–Trinajstić information content (AvgIpc) is 3.52. The van der Waals surface area contributed by atoms with Gasteiger partial charge in [-0.25, -0.2) is 4.79 Å². The number of hydrogen-bond donors (Lipinski definition) is 3. The van der Waals surface area contributed by atoms with Crippen LogP contribution >= 0.6 is 0 Å². The van der Waals surface area contributed by atoms with Crippen LogP contribution in [-0.2, 0) is 14.3 Å². The summed E-state index contributed by atoms with van der Waals surface area (Å²) in [5.41, 5.74) is 0.326. The van der Waals surface area contributed by atoms with Gasteiger partial charge >= 0.3 is 6.09 Å². The largest absolute Gasteiger partial charge is 0.507 e. The maximum Gasteiger partial charge on any atom is 0.408 e. The first-order chi connectivity index (χ1) is 17.3. The summed E-state index contributed by atoms with van der Waals surface area (Å²) in [6.07, 6.45) is 5.16. The molecular formula is C29H45N3O5. The molecule has 2 aliphatic carbocycles. The number of phenols is 1. The van der Waals surface area contributed by atoms with Crippen LogP contribution in [-0.4, -0.2) is 51.6 Å². The molecule has 0 heterocycles. The van der Waals surface area contributed by atoms with Gasteiger partial charge in [0.1, 0.15) is 23.4 Å². The Morgan fingerprint density at radius 1 is 1.11 bits per heavy atom. The molecule has 206 valence electrons. The average molecular weight is 516 g/mol. The molecule has 2 fully saturated rings. The van der Waals surface area contributed by atoms with Crippen LogP contribution in [0.2, 0.25) is 0 Å². The fourth-order valence-electron chi connectivity index (χ4n) is 5.13. The zero-order chi connectivity index (χ0) is 27.5. The van der Waals surface area contributed by atoms with Crippen molar-refractivity contribution in [3.63, 3.8) is 0 Å². The minimum absolute atomic E-state index is 0.0126. The number of carbonyl (C=O) groups excluding carboxylic acids is 3. The number of alkyl carbamates (subject to hydrolysis) is 1. The molecule has 2 saturated carbocycles. The summed E-state index contributed by atoms with van der Waals surface area (Å²) in [4.78, 5) is 42.4. The first-order valence-electron chi connectivity index (χ1n) is 13.7. The number of hydrogen-bond acceptors (Lipinski definition) is 5. The summed E-state index contributed by atoms with van der Waals surface area (Å²) in [5.74, 6) is -0.668. The number of benzene rings is 1. The molecule has 0 saturated heterocycles. The van der Waals surface area contributed by atoms with E-state index in [4.69, 9.17) is 4.74 Å². The smallest absolute Gasteiger partial charge is 0.408 e. The quantitative estimate of drug-likeness (QED) is 0.453. The fraction of sp³-hybridized carbons (Fsp3) is 0.690. The summed E-state index contributed by atoms with van der Waals surface area (Å²) >= 11 is 0. The van der Waals surface area contributed by atoms with Crippen molar-refractivity contribution in [2.24, 2.45) is 11.8 Å². The minimum Gasteiger partial charge on any atom is -0.507 e. The topological polar surface area (TPSA) is 108 Å². The molecule has 4 unspecified atom stereocenters. The molecule has 3 rings (SSSR count). The lowest BCUT2D eigenvalue weighted by Gasteiger charge is -2.37. The van der Waals surface area contributed by atoms with E-state index in [0.717, 1.165) is 38.5 Å². The number of nitrogens with one attached hydrogen (secondary N) is 2. The lowest BCUT2D eigenvalue weighted by atomic mass is 9.93. The van der Waals surface area contributed by atoms with Crippen LogP contribution in [0.15, 0.2) is 18.2 Å². The monoisotopic (exact) mass is 515 g/mol. The van der Waals surface area contributed by atoms with E-state index in [1.807, 2.05) is 20.8 Å². The van der Waals surface area contributed by atoms with E-state index in [1.54, 1.807) is 50.8 Å². The zero-order valence-corrected chi connectivity index (χ0v) is 23.5. The molecule has 1 aromatic carbocycles. The highest BCUT2D eigenvalue weighted by Gasteiger charge is 2.49. The third kappa shape index (κ3) is 7.39. The Labute approximate surface area is 221 Å². The van der Waals surface area contributed by atoms with Crippen molar-refractivity contribution >= 4 is 17.9 Å². The van der Waals surface area contributed by atoms with Crippen molar-refractivity contribution in [1.29, 1.82) is 0 Å². The molecule has 0 aromatic heterocycles. The number of aryl methyl sites for hydroxylation is 1. The Bertz CT molecular complexity index is 980. The molecule has 0 bridgehead atoms. The molecule has 8 nitrogen and oxygen atoms in total. The van der Waals surface area contributed by atoms with Gasteiger partial charge in [0.15, 0.2) is 0 Å². The lowest BCUT2D eigenvalue weighted by Crippen LogP contribution is -2.56. The van der Waals surface area contributed by atoms with E-state index in [9.17, 15) is 19.5 Å². The summed E-state index contributed by atoms with van der Waals surface area (Å²) in [5, 5.41) is 17.0. The Morgan fingerprint density at radius 3 is 2.27 bits per heavy atom. The molecule has 3 N–H and O–H groups in total. The fourth-order valence-corrected chi connectivity index (χ4v) is 5.13. The molecule has 4 atom stereocenters. The van der Waals surface area contributed by atoms with Gasteiger partial charge in [-0.15, -0.1) is 0 Å². The highest BCUT2D eigenvalue weighted by Crippen LogP contribution is 2.43. The summed E-state index contributed by atoms with van der Waals surface area (Å²) < 4.78 is 5.43. The van der Waals surface area contributed by atoms with Crippen molar-refractivity contribution in [3.05, 3.63) is 29.3 Å². The second-order valence-corrected chi connectivity index (χ2v) is 12.2. The number of nitrogens with zero attached hydrogens (tertiary/aromatic N) is 1. The molecule has 0 aliphatic heterocycles. The van der Waals surface area contributed by atoms with Crippen LogP contribution in [0.25, 0.3) is 0 Å². The summed E-state index contributed by atoms with van der Waals surface area (Å²) in [7, 11) is 0. The van der Waals surface area contributed by atoms with Gasteiger partial charge in [0, 0.05) is 17.6 Å². The van der Waals surface area contributed by atoms with Crippen LogP contribution in [0, 0.1) is 18.8 Å². The van der Waals surface area contributed by atoms with Gasteiger partial charge in [-0.1, -0.05) is 58.2 Å². The van der Waals surface area contributed by atoms with Gasteiger partial charge in [0.25, 0.3) is 0 Å². The van der Waals surface area contributed by atoms with Gasteiger partial charge in [-0.2, -0.15) is 0 Å². The number of ether oxygens (including phenoxy) is 1. The molecule has 0 spiro atoms. The van der Waals surface area contributed by atoms with Crippen LogP contribution < -0.4 is 10.6 Å². The molecule has 8 heteroatoms. The number of aromatic hydroxyl groups is 1. The first kappa shape index (κ1) is 28.8. The van der Waals surface area contributed by atoms with Crippen LogP contribution in [0.5, 0.6) is 5.75 Å². The molecular weight excluding hydrogens is 470 g/mol. The molecule has 37 heavy (non-hydrogen) atoms. The van der Waals surface area contributed by atoms with E-state index in [1.165, 1.54) is 0 Å². The predicted molar refractivity (Wildman–Crippen MR) is 143 cm³/mol. The molecule has 3 amide bonds. The van der Waals surface area contributed by atoms with Crippen molar-refractivity contribution in [2.45, 2.75) is 117 Å². The Morgan fingerprint density at radius 2 is 1.73 bits per heavy atom. The molecule has 0 radical (unpaired) electrons. The van der Waals surface area contributed by atoms with Gasteiger partial charge in [-0.05, 0) is 64.4 Å². The Hall–Kier alpha value is -2.77. The second-order valence-electron chi connectivity index (χ2n) is 12.2. The highest BCUT2D eigenvalue weighted by atomic mass is 16.6. The standard InChI is InChI=1S/C29H45N3O5/c1-17(2)23(31-28(36)37-29(5,6)7)27(35)32(22-16-19(22)4)24(21-15-11-12-18(3)25(21)33)26(34)30-20-13-9-8-10-14-20/h11-12,15,17,19-20,22-24,33H,8-10,13-14,16H2,1-7H3,(H,30,34)(H,31,36). The van der Waals surface area contributed by atoms with Crippen molar-refractivity contribution < 1.29 is 24.2 Å². The maximum atomic E-state index is 14.2. The maximum absolute atomic E-state index is 14.2. The summed E-state index contributed by atoms with van der Waals surface area (Å²) in [6.45, 7) is 12.8. The van der Waals surface area contributed by atoms with Crippen LogP contribution in [0.3, 0.4) is 0 Å². The van der Waals surface area contributed by atoms with E-state index >= 15 is 0 Å². The van der Waals surface area contributed by atoms with E-state index in [-0.39, 0.29) is 41.5 Å². The second kappa shape index (κ2) is 11.7. The van der Waals surface area contributed by atoms with Crippen LogP contribution in [0.4, 0.5) is 4.79 Å². The third-order valence-corrected chi connectivity index (χ3v) is 7.33. The minimum atomic E-state index is -1.01. The first-order valence-corrected chi connectivity index (χ1v) is 13.7. The normalized spacial score (nSPS) is 21.6. The van der Waals surface area contributed by atoms with Crippen molar-refractivity contribution in [3.8, 4) is 5.75 Å². The zero-order valence-electron chi connectivity index (χ0n) is 23.5. The number of para-hydroxylation sites is 1. The number of amides is 3. The molecule has 2 aliphatic rings. The predicted octanol–water partition coefficient (Wildman–Crippen LogP) is 4.98. The Kier molecular flexibility index (Phi) is 9.13. The van der Waals surface area contributed by atoms with E-state index < -0.39 is 23.8 Å². The molecule has 1 aromatic rings. The highest BCUT2D eigenvalue weighted by molar-refractivity contribution is 5.93. The third-order valence-electron chi connectivity index (χ3n) is 7.33. The number of rotatable bonds is 8. The van der Waals surface area contributed by atoms with Crippen molar-refractivity contribution in [2.75, 3.05) is 0 Å².